The molecule has 1 unspecified atom stereocenters. The van der Waals surface area contributed by atoms with Gasteiger partial charge in [0.25, 0.3) is 0 Å². The van der Waals surface area contributed by atoms with E-state index in [0.717, 1.165) is 5.75 Å². The number of carbonyl (C=O) groups is 1. The van der Waals surface area contributed by atoms with E-state index in [2.05, 4.69) is 23.5 Å². The maximum Gasteiger partial charge on any atom is 0.235 e. The Morgan fingerprint density at radius 3 is 2.89 bits per heavy atom. The monoisotopic (exact) mass is 276 g/mol. The topological polar surface area (TPSA) is 55.1 Å². The number of nitrogens with one attached hydrogen (secondary N) is 1. The smallest absolute Gasteiger partial charge is 0.235 e. The number of fused-ring (bicyclic) bond motifs is 1. The van der Waals surface area contributed by atoms with Crippen LogP contribution in [-0.4, -0.2) is 23.7 Å². The molecule has 0 heterocycles. The third-order valence-electron chi connectivity index (χ3n) is 3.84. The average molecular weight is 276 g/mol. The summed E-state index contributed by atoms with van der Waals surface area (Å²) in [6.07, 6.45) is 6.04. The summed E-state index contributed by atoms with van der Waals surface area (Å²) in [5.74, 6) is 0.491. The van der Waals surface area contributed by atoms with Crippen molar-refractivity contribution in [2.24, 2.45) is 5.73 Å². The molecule has 1 saturated carbocycles. The average Bonchev–Trinajstić information content (AvgIpc) is 3.09. The minimum absolute atomic E-state index is 0.203. The molecule has 4 heteroatoms. The Bertz CT molecular complexity index is 485. The lowest BCUT2D eigenvalue weighted by molar-refractivity contribution is -0.119. The first-order chi connectivity index (χ1) is 9.22. The Hall–Kier alpha value is -1.00. The number of thioether (sulfide) groups is 1. The number of carbonyl (C=O) groups excluding carboxylic acids is 1. The molecular weight excluding hydrogens is 256 g/mol. The molecule has 1 aromatic carbocycles. The van der Waals surface area contributed by atoms with E-state index in [-0.39, 0.29) is 11.9 Å². The first-order valence-electron chi connectivity index (χ1n) is 7.02. The molecule has 0 radical (unpaired) electrons. The Morgan fingerprint density at radius 2 is 2.16 bits per heavy atom. The van der Waals surface area contributed by atoms with E-state index in [9.17, 15) is 4.79 Å². The van der Waals surface area contributed by atoms with E-state index in [1.807, 2.05) is 0 Å². The molecule has 3 rings (SSSR count). The molecule has 1 amide bonds. The Kier molecular flexibility index (Phi) is 3.80. The van der Waals surface area contributed by atoms with E-state index in [1.165, 1.54) is 48.1 Å². The summed E-state index contributed by atoms with van der Waals surface area (Å²) in [6, 6.07) is 6.99. The summed E-state index contributed by atoms with van der Waals surface area (Å²) in [7, 11) is 0. The van der Waals surface area contributed by atoms with Gasteiger partial charge in [0.1, 0.15) is 0 Å². The third-order valence-corrected chi connectivity index (χ3v) is 4.93. The number of hydrogen-bond acceptors (Lipinski definition) is 3. The van der Waals surface area contributed by atoms with Crippen LogP contribution in [0.3, 0.4) is 0 Å². The fraction of sp³-hybridized carbons (Fsp3) is 0.533. The highest BCUT2D eigenvalue weighted by Gasteiger charge is 2.27. The zero-order chi connectivity index (χ0) is 13.2. The third kappa shape index (κ3) is 3.31. The van der Waals surface area contributed by atoms with Gasteiger partial charge >= 0.3 is 0 Å². The van der Waals surface area contributed by atoms with Crippen molar-refractivity contribution in [2.75, 3.05) is 5.75 Å². The molecule has 19 heavy (non-hydrogen) atoms. The second-order valence-electron chi connectivity index (χ2n) is 5.49. The van der Waals surface area contributed by atoms with E-state index >= 15 is 0 Å². The molecule has 2 aliphatic rings. The number of hydrogen-bond donors (Lipinski definition) is 2. The SMILES string of the molecule is NC(=O)C(CSc1ccc2c(c1)CCC2)NC1CC1. The fourth-order valence-electron chi connectivity index (χ4n) is 2.56. The summed E-state index contributed by atoms with van der Waals surface area (Å²) >= 11 is 1.73. The van der Waals surface area contributed by atoms with Crippen LogP contribution in [0.2, 0.25) is 0 Å². The predicted octanol–water partition coefficient (Wildman–Crippen LogP) is 1.87. The van der Waals surface area contributed by atoms with Gasteiger partial charge in [-0.25, -0.2) is 0 Å². The van der Waals surface area contributed by atoms with Crippen LogP contribution in [0.25, 0.3) is 0 Å². The van der Waals surface area contributed by atoms with Crippen molar-refractivity contribution in [1.29, 1.82) is 0 Å². The molecule has 2 aliphatic carbocycles. The lowest BCUT2D eigenvalue weighted by Crippen LogP contribution is -2.44. The van der Waals surface area contributed by atoms with Crippen molar-refractivity contribution in [3.63, 3.8) is 0 Å². The van der Waals surface area contributed by atoms with Crippen LogP contribution in [0.4, 0.5) is 0 Å². The molecule has 1 fully saturated rings. The molecule has 1 atom stereocenters. The van der Waals surface area contributed by atoms with Crippen LogP contribution in [0.1, 0.15) is 30.4 Å². The highest BCUT2D eigenvalue weighted by atomic mass is 32.2. The van der Waals surface area contributed by atoms with E-state index < -0.39 is 0 Å². The van der Waals surface area contributed by atoms with Crippen molar-refractivity contribution in [3.8, 4) is 0 Å². The van der Waals surface area contributed by atoms with Crippen LogP contribution >= 0.6 is 11.8 Å². The molecule has 3 N–H and O–H groups in total. The first kappa shape index (κ1) is 13.0. The van der Waals surface area contributed by atoms with Gasteiger partial charge in [0.2, 0.25) is 5.91 Å². The Labute approximate surface area is 118 Å². The van der Waals surface area contributed by atoms with Gasteiger partial charge in [0, 0.05) is 16.7 Å². The molecule has 1 aromatic rings. The Morgan fingerprint density at radius 1 is 1.37 bits per heavy atom. The number of rotatable bonds is 6. The van der Waals surface area contributed by atoms with Gasteiger partial charge < -0.3 is 11.1 Å². The molecule has 0 bridgehead atoms. The molecule has 0 aliphatic heterocycles. The molecule has 3 nitrogen and oxygen atoms in total. The van der Waals surface area contributed by atoms with Gasteiger partial charge in [0.15, 0.2) is 0 Å². The molecule has 102 valence electrons. The number of nitrogens with two attached hydrogens (primary N) is 1. The molecule has 0 saturated heterocycles. The van der Waals surface area contributed by atoms with Gasteiger partial charge in [-0.3, -0.25) is 4.79 Å². The molecule has 0 aromatic heterocycles. The maximum atomic E-state index is 11.4. The summed E-state index contributed by atoms with van der Waals surface area (Å²) in [6.45, 7) is 0. The van der Waals surface area contributed by atoms with Crippen LogP contribution < -0.4 is 11.1 Å². The maximum absolute atomic E-state index is 11.4. The van der Waals surface area contributed by atoms with Gasteiger partial charge in [-0.1, -0.05) is 6.07 Å². The molecular formula is C15H20N2OS. The van der Waals surface area contributed by atoms with Crippen LogP contribution in [0.15, 0.2) is 23.1 Å². The molecule has 0 spiro atoms. The van der Waals surface area contributed by atoms with Crippen molar-refractivity contribution in [1.82, 2.24) is 5.32 Å². The van der Waals surface area contributed by atoms with Crippen molar-refractivity contribution < 1.29 is 4.79 Å². The Balaban J connectivity index is 1.59. The van der Waals surface area contributed by atoms with Crippen LogP contribution in [0.5, 0.6) is 0 Å². The normalized spacial score (nSPS) is 19.2. The van der Waals surface area contributed by atoms with Gasteiger partial charge in [0.05, 0.1) is 6.04 Å². The second-order valence-corrected chi connectivity index (χ2v) is 6.58. The van der Waals surface area contributed by atoms with E-state index in [0.29, 0.717) is 6.04 Å². The lowest BCUT2D eigenvalue weighted by Gasteiger charge is -2.14. The number of amides is 1. The lowest BCUT2D eigenvalue weighted by atomic mass is 10.1. The van der Waals surface area contributed by atoms with Gasteiger partial charge in [-0.05, 0) is 55.4 Å². The summed E-state index contributed by atoms with van der Waals surface area (Å²) in [5.41, 5.74) is 8.43. The fourth-order valence-corrected chi connectivity index (χ4v) is 3.57. The van der Waals surface area contributed by atoms with Crippen LogP contribution in [0, 0.1) is 0 Å². The zero-order valence-electron chi connectivity index (χ0n) is 11.0. The highest BCUT2D eigenvalue weighted by molar-refractivity contribution is 7.99. The van der Waals surface area contributed by atoms with Crippen molar-refractivity contribution in [2.45, 2.75) is 49.1 Å². The van der Waals surface area contributed by atoms with Crippen LogP contribution in [-0.2, 0) is 17.6 Å². The van der Waals surface area contributed by atoms with E-state index in [4.69, 9.17) is 5.73 Å². The van der Waals surface area contributed by atoms with Crippen molar-refractivity contribution >= 4 is 17.7 Å². The quantitative estimate of drug-likeness (QED) is 0.780. The number of benzene rings is 1. The second kappa shape index (κ2) is 5.55. The van der Waals surface area contributed by atoms with E-state index in [1.54, 1.807) is 11.8 Å². The largest absolute Gasteiger partial charge is 0.368 e. The number of primary amides is 1. The number of aryl methyl sites for hydroxylation is 2. The minimum Gasteiger partial charge on any atom is -0.368 e. The zero-order valence-corrected chi connectivity index (χ0v) is 11.8. The van der Waals surface area contributed by atoms with Gasteiger partial charge in [-0.2, -0.15) is 0 Å². The standard InChI is InChI=1S/C15H20N2OS/c16-15(18)14(17-12-5-6-12)9-19-13-7-4-10-2-1-3-11(10)8-13/h4,7-8,12,14,17H,1-3,5-6,9H2,(H2,16,18). The van der Waals surface area contributed by atoms with Gasteiger partial charge in [-0.15, -0.1) is 11.8 Å². The summed E-state index contributed by atoms with van der Waals surface area (Å²) in [5, 5.41) is 3.32. The summed E-state index contributed by atoms with van der Waals surface area (Å²) < 4.78 is 0. The minimum atomic E-state index is -0.236. The highest BCUT2D eigenvalue weighted by Crippen LogP contribution is 2.28. The predicted molar refractivity (Wildman–Crippen MR) is 78.3 cm³/mol. The first-order valence-corrected chi connectivity index (χ1v) is 8.01. The van der Waals surface area contributed by atoms with Crippen molar-refractivity contribution in [3.05, 3.63) is 29.3 Å². The summed E-state index contributed by atoms with van der Waals surface area (Å²) in [4.78, 5) is 12.7.